The summed E-state index contributed by atoms with van der Waals surface area (Å²) in [4.78, 5) is 13.7. The third-order valence-electron chi connectivity index (χ3n) is 10.8. The molecule has 0 spiro atoms. The van der Waals surface area contributed by atoms with Gasteiger partial charge >= 0.3 is 0 Å². The third kappa shape index (κ3) is 3.61. The number of nitrogens with zero attached hydrogens (tertiary/aromatic N) is 1. The Kier molecular flexibility index (Phi) is 6.28. The molecule has 9 unspecified atom stereocenters. The molecule has 1 aromatic rings. The SMILES string of the molecule is CCCC1C(CC)CCC2C1CCC1(C)C(C(=O)COc3ccc(F)cc3C#N)C3C(C21)[C@@H]3C. The molecule has 0 aromatic heterocycles. The van der Waals surface area contributed by atoms with Gasteiger partial charge in [0.15, 0.2) is 5.78 Å². The lowest BCUT2D eigenvalue weighted by molar-refractivity contribution is -0.135. The number of Topliss-reactive ketones (excluding diaryl/α,β-unsaturated/α-hetero) is 1. The average Bonchev–Trinajstić information content (AvgIpc) is 3.35. The van der Waals surface area contributed by atoms with Crippen molar-refractivity contribution in [2.45, 2.75) is 72.6 Å². The van der Waals surface area contributed by atoms with Crippen molar-refractivity contribution in [3.8, 4) is 11.8 Å². The van der Waals surface area contributed by atoms with Gasteiger partial charge in [0.25, 0.3) is 0 Å². The highest BCUT2D eigenvalue weighted by molar-refractivity contribution is 5.85. The minimum Gasteiger partial charge on any atom is -0.484 e. The van der Waals surface area contributed by atoms with E-state index in [1.54, 1.807) is 0 Å². The van der Waals surface area contributed by atoms with Crippen LogP contribution >= 0.6 is 0 Å². The number of ketones is 1. The fraction of sp³-hybridized carbons (Fsp3) is 0.733. The molecule has 0 bridgehead atoms. The molecule has 34 heavy (non-hydrogen) atoms. The van der Waals surface area contributed by atoms with Gasteiger partial charge in [0.1, 0.15) is 24.2 Å². The molecule has 1 aromatic carbocycles. The summed E-state index contributed by atoms with van der Waals surface area (Å²) < 4.78 is 19.3. The minimum absolute atomic E-state index is 0.0201. The minimum atomic E-state index is -0.466. The number of ether oxygens (including phenoxy) is 1. The van der Waals surface area contributed by atoms with Crippen molar-refractivity contribution in [3.05, 3.63) is 29.6 Å². The van der Waals surface area contributed by atoms with Crippen molar-refractivity contribution >= 4 is 5.78 Å². The number of benzene rings is 1. The van der Waals surface area contributed by atoms with Crippen LogP contribution in [0.1, 0.15) is 78.2 Å². The Labute approximate surface area is 204 Å². The molecule has 4 saturated carbocycles. The Morgan fingerprint density at radius 1 is 1.21 bits per heavy atom. The van der Waals surface area contributed by atoms with Gasteiger partial charge in [-0.25, -0.2) is 4.39 Å². The van der Waals surface area contributed by atoms with Gasteiger partial charge in [-0.3, -0.25) is 4.79 Å². The molecule has 10 atom stereocenters. The van der Waals surface area contributed by atoms with Crippen LogP contribution in [-0.4, -0.2) is 12.4 Å². The van der Waals surface area contributed by atoms with E-state index in [0.717, 1.165) is 30.1 Å². The largest absolute Gasteiger partial charge is 0.484 e. The van der Waals surface area contributed by atoms with Gasteiger partial charge in [-0.15, -0.1) is 0 Å². The van der Waals surface area contributed by atoms with E-state index in [2.05, 4.69) is 27.7 Å². The van der Waals surface area contributed by atoms with Gasteiger partial charge in [0, 0.05) is 5.92 Å². The van der Waals surface area contributed by atoms with Crippen LogP contribution in [0.5, 0.6) is 5.75 Å². The van der Waals surface area contributed by atoms with Crippen LogP contribution in [0, 0.1) is 75.8 Å². The highest BCUT2D eigenvalue weighted by Crippen LogP contribution is 2.76. The first-order valence-electron chi connectivity index (χ1n) is 13.7. The second-order valence-corrected chi connectivity index (χ2v) is 12.1. The zero-order chi connectivity index (χ0) is 24.2. The quantitative estimate of drug-likeness (QED) is 0.434. The molecule has 4 fully saturated rings. The molecular formula is C30H40FNO2. The molecule has 184 valence electrons. The second kappa shape index (κ2) is 8.96. The Morgan fingerprint density at radius 3 is 2.71 bits per heavy atom. The first kappa shape index (κ1) is 23.8. The number of nitriles is 1. The zero-order valence-corrected chi connectivity index (χ0v) is 21.2. The van der Waals surface area contributed by atoms with Crippen LogP contribution in [0.3, 0.4) is 0 Å². The topological polar surface area (TPSA) is 50.1 Å². The lowest BCUT2D eigenvalue weighted by Crippen LogP contribution is -2.51. The van der Waals surface area contributed by atoms with Gasteiger partial charge in [0.2, 0.25) is 0 Å². The van der Waals surface area contributed by atoms with E-state index < -0.39 is 5.82 Å². The van der Waals surface area contributed by atoms with E-state index in [-0.39, 0.29) is 29.3 Å². The summed E-state index contributed by atoms with van der Waals surface area (Å²) in [6.45, 7) is 9.46. The van der Waals surface area contributed by atoms with Gasteiger partial charge in [-0.05, 0) is 96.6 Å². The number of hydrogen-bond donors (Lipinski definition) is 0. The number of rotatable bonds is 7. The molecule has 0 heterocycles. The Bertz CT molecular complexity index is 985. The summed E-state index contributed by atoms with van der Waals surface area (Å²) in [5.41, 5.74) is 0.219. The van der Waals surface area contributed by atoms with Gasteiger partial charge in [0.05, 0.1) is 5.56 Å². The van der Waals surface area contributed by atoms with Crippen LogP contribution in [0.25, 0.3) is 0 Å². The predicted molar refractivity (Wildman–Crippen MR) is 130 cm³/mol. The van der Waals surface area contributed by atoms with Crippen LogP contribution in [-0.2, 0) is 4.79 Å². The van der Waals surface area contributed by atoms with Crippen molar-refractivity contribution in [2.75, 3.05) is 6.61 Å². The van der Waals surface area contributed by atoms with E-state index in [9.17, 15) is 14.4 Å². The summed E-state index contributed by atoms with van der Waals surface area (Å²) >= 11 is 0. The highest BCUT2D eigenvalue weighted by Gasteiger charge is 2.73. The van der Waals surface area contributed by atoms with Crippen molar-refractivity contribution in [1.29, 1.82) is 5.26 Å². The van der Waals surface area contributed by atoms with Gasteiger partial charge in [-0.1, -0.05) is 47.0 Å². The first-order valence-corrected chi connectivity index (χ1v) is 13.7. The second-order valence-electron chi connectivity index (χ2n) is 12.1. The summed E-state index contributed by atoms with van der Waals surface area (Å²) in [5.74, 6) is 5.91. The first-order chi connectivity index (χ1) is 16.3. The average molecular weight is 466 g/mol. The van der Waals surface area contributed by atoms with Crippen LogP contribution in [0.15, 0.2) is 18.2 Å². The number of fused-ring (bicyclic) bond motifs is 5. The van der Waals surface area contributed by atoms with E-state index >= 15 is 0 Å². The monoisotopic (exact) mass is 465 g/mol. The van der Waals surface area contributed by atoms with Crippen molar-refractivity contribution in [1.82, 2.24) is 0 Å². The molecule has 0 N–H and O–H groups in total. The van der Waals surface area contributed by atoms with E-state index in [4.69, 9.17) is 4.74 Å². The molecule has 5 rings (SSSR count). The van der Waals surface area contributed by atoms with Crippen molar-refractivity contribution in [3.63, 3.8) is 0 Å². The molecule has 0 amide bonds. The predicted octanol–water partition coefficient (Wildman–Crippen LogP) is 7.04. The normalized spacial score (nSPS) is 42.2. The molecule has 4 heteroatoms. The molecule has 0 aliphatic heterocycles. The fourth-order valence-electron chi connectivity index (χ4n) is 9.48. The maximum atomic E-state index is 13.7. The Morgan fingerprint density at radius 2 is 2.00 bits per heavy atom. The molecule has 0 radical (unpaired) electrons. The lowest BCUT2D eigenvalue weighted by atomic mass is 9.49. The maximum absolute atomic E-state index is 13.7. The molecular weight excluding hydrogens is 425 g/mol. The molecule has 3 nitrogen and oxygen atoms in total. The fourth-order valence-corrected chi connectivity index (χ4v) is 9.48. The van der Waals surface area contributed by atoms with Crippen molar-refractivity contribution in [2.24, 2.45) is 58.7 Å². The summed E-state index contributed by atoms with van der Waals surface area (Å²) in [5, 5.41) is 9.32. The lowest BCUT2D eigenvalue weighted by Gasteiger charge is -2.56. The van der Waals surface area contributed by atoms with Crippen LogP contribution in [0.2, 0.25) is 0 Å². The highest BCUT2D eigenvalue weighted by atomic mass is 19.1. The standard InChI is InChI=1S/C30H40FNO2/c1-5-7-21-18(6-2)8-10-23-22(21)12-13-30(4)28(23)26-17(3)27(26)29(30)24(33)16-34-25-11-9-20(31)14-19(25)15-32/h9,11,14,17-18,21-23,26-29H,5-8,10,12-13,16H2,1-4H3/t17-,18?,21?,22?,23?,26?,27?,28?,29?,30?/m0/s1. The molecule has 4 aliphatic rings. The smallest absolute Gasteiger partial charge is 0.174 e. The summed E-state index contributed by atoms with van der Waals surface area (Å²) in [6.07, 6.45) is 9.09. The van der Waals surface area contributed by atoms with E-state index in [0.29, 0.717) is 29.4 Å². The van der Waals surface area contributed by atoms with Gasteiger partial charge in [-0.2, -0.15) is 5.26 Å². The Balaban J connectivity index is 1.36. The maximum Gasteiger partial charge on any atom is 0.174 e. The summed E-state index contributed by atoms with van der Waals surface area (Å²) in [7, 11) is 0. The Hall–Kier alpha value is -1.89. The molecule has 0 saturated heterocycles. The number of hydrogen-bond acceptors (Lipinski definition) is 3. The van der Waals surface area contributed by atoms with Crippen LogP contribution < -0.4 is 4.74 Å². The van der Waals surface area contributed by atoms with E-state index in [1.807, 2.05) is 6.07 Å². The number of carbonyl (C=O) groups is 1. The third-order valence-corrected chi connectivity index (χ3v) is 10.8. The number of carbonyl (C=O) groups excluding carboxylic acids is 1. The molecule has 4 aliphatic carbocycles. The van der Waals surface area contributed by atoms with Crippen LogP contribution in [0.4, 0.5) is 4.39 Å². The van der Waals surface area contributed by atoms with Crippen molar-refractivity contribution < 1.29 is 13.9 Å². The summed E-state index contributed by atoms with van der Waals surface area (Å²) in [6, 6.07) is 5.91. The number of halogens is 1. The van der Waals surface area contributed by atoms with E-state index in [1.165, 1.54) is 56.7 Å². The van der Waals surface area contributed by atoms with Gasteiger partial charge < -0.3 is 4.74 Å². The zero-order valence-electron chi connectivity index (χ0n) is 21.2.